The van der Waals surface area contributed by atoms with Crippen LogP contribution in [0.4, 0.5) is 0 Å². The summed E-state index contributed by atoms with van der Waals surface area (Å²) >= 11 is 0. The van der Waals surface area contributed by atoms with Gasteiger partial charge in [-0.25, -0.2) is 0 Å². The van der Waals surface area contributed by atoms with Crippen LogP contribution in [-0.2, 0) is 9.59 Å². The molecule has 0 aromatic heterocycles. The van der Waals surface area contributed by atoms with Gasteiger partial charge in [0.05, 0.1) is 6.04 Å². The lowest BCUT2D eigenvalue weighted by atomic mass is 10.0. The molecule has 0 aliphatic carbocycles. The van der Waals surface area contributed by atoms with Crippen LogP contribution in [0.3, 0.4) is 0 Å². The zero-order valence-corrected chi connectivity index (χ0v) is 9.85. The van der Waals surface area contributed by atoms with Crippen molar-refractivity contribution < 1.29 is 14.7 Å². The largest absolute Gasteiger partial charge is 0.480 e. The summed E-state index contributed by atoms with van der Waals surface area (Å²) in [5, 5.41) is 8.65. The van der Waals surface area contributed by atoms with Gasteiger partial charge in [0.15, 0.2) is 0 Å². The Labute approximate surface area is 95.9 Å². The summed E-state index contributed by atoms with van der Waals surface area (Å²) in [7, 11) is 0. The maximum atomic E-state index is 11.8. The van der Waals surface area contributed by atoms with E-state index in [9.17, 15) is 9.59 Å². The van der Waals surface area contributed by atoms with Crippen LogP contribution >= 0.6 is 0 Å². The number of carboxylic acid groups (broad SMARTS) is 1. The first-order chi connectivity index (χ1) is 7.38. The van der Waals surface area contributed by atoms with Crippen LogP contribution in [0.2, 0.25) is 0 Å². The molecule has 3 N–H and O–H groups in total. The summed E-state index contributed by atoms with van der Waals surface area (Å²) in [4.78, 5) is 23.6. The minimum Gasteiger partial charge on any atom is -0.480 e. The fourth-order valence-corrected chi connectivity index (χ4v) is 1.39. The zero-order chi connectivity index (χ0) is 12.7. The molecule has 92 valence electrons. The molecule has 0 fully saturated rings. The van der Waals surface area contributed by atoms with Gasteiger partial charge in [-0.1, -0.05) is 19.9 Å². The molecule has 0 saturated heterocycles. The van der Waals surface area contributed by atoms with E-state index in [1.54, 1.807) is 0 Å². The highest BCUT2D eigenvalue weighted by atomic mass is 16.4. The Hall–Kier alpha value is -1.36. The van der Waals surface area contributed by atoms with Crippen molar-refractivity contribution in [3.05, 3.63) is 12.7 Å². The fraction of sp³-hybridized carbons (Fsp3) is 0.636. The highest BCUT2D eigenvalue weighted by molar-refractivity contribution is 5.85. The normalized spacial score (nSPS) is 12.2. The second-order valence-electron chi connectivity index (χ2n) is 4.14. The van der Waals surface area contributed by atoms with Crippen molar-refractivity contribution in [3.8, 4) is 0 Å². The molecule has 0 saturated carbocycles. The number of carbonyl (C=O) groups excluding carboxylic acids is 1. The van der Waals surface area contributed by atoms with Crippen molar-refractivity contribution in [2.24, 2.45) is 11.7 Å². The van der Waals surface area contributed by atoms with Gasteiger partial charge in [0.25, 0.3) is 0 Å². The van der Waals surface area contributed by atoms with Gasteiger partial charge in [0, 0.05) is 6.54 Å². The fourth-order valence-electron chi connectivity index (χ4n) is 1.39. The summed E-state index contributed by atoms with van der Waals surface area (Å²) in [5.74, 6) is -1.09. The lowest BCUT2D eigenvalue weighted by Crippen LogP contribution is -2.46. The molecule has 0 aliphatic rings. The molecular weight excluding hydrogens is 208 g/mol. The molecule has 0 bridgehead atoms. The number of carbonyl (C=O) groups is 2. The summed E-state index contributed by atoms with van der Waals surface area (Å²) < 4.78 is 0. The molecule has 0 spiro atoms. The molecule has 5 heteroatoms. The predicted octanol–water partition coefficient (Wildman–Crippen LogP) is 0.459. The molecular formula is C11H20N2O3. The number of hydrogen-bond acceptors (Lipinski definition) is 3. The summed E-state index contributed by atoms with van der Waals surface area (Å²) in [5.41, 5.74) is 5.71. The first-order valence-corrected chi connectivity index (χ1v) is 5.25. The van der Waals surface area contributed by atoms with Gasteiger partial charge in [-0.3, -0.25) is 9.59 Å². The van der Waals surface area contributed by atoms with Crippen LogP contribution in [0, 0.1) is 5.92 Å². The molecule has 5 nitrogen and oxygen atoms in total. The predicted molar refractivity (Wildman–Crippen MR) is 61.8 cm³/mol. The molecule has 0 aliphatic heterocycles. The zero-order valence-electron chi connectivity index (χ0n) is 9.85. The molecule has 0 heterocycles. The molecule has 0 aromatic carbocycles. The van der Waals surface area contributed by atoms with E-state index >= 15 is 0 Å². The van der Waals surface area contributed by atoms with Gasteiger partial charge < -0.3 is 15.7 Å². The number of aliphatic carboxylic acids is 1. The standard InChI is InChI=1S/C11H20N2O3/c1-4-5-13(7-10(14)15)11(16)9(12)6-8(2)3/h4,8-9H,1,5-7,12H2,2-3H3,(H,14,15)/t9-/m0/s1. The summed E-state index contributed by atoms with van der Waals surface area (Å²) in [6.07, 6.45) is 2.04. The third kappa shape index (κ3) is 5.50. The van der Waals surface area contributed by atoms with E-state index in [4.69, 9.17) is 10.8 Å². The SMILES string of the molecule is C=CCN(CC(=O)O)C(=O)[C@@H](N)CC(C)C. The van der Waals surface area contributed by atoms with E-state index < -0.39 is 12.0 Å². The Morgan fingerprint density at radius 3 is 2.44 bits per heavy atom. The number of hydrogen-bond donors (Lipinski definition) is 2. The Balaban J connectivity index is 4.46. The lowest BCUT2D eigenvalue weighted by molar-refractivity contribution is -0.144. The van der Waals surface area contributed by atoms with E-state index in [1.807, 2.05) is 13.8 Å². The van der Waals surface area contributed by atoms with Gasteiger partial charge >= 0.3 is 5.97 Å². The highest BCUT2D eigenvalue weighted by Crippen LogP contribution is 2.06. The van der Waals surface area contributed by atoms with E-state index in [-0.39, 0.29) is 19.0 Å². The molecule has 0 unspecified atom stereocenters. The average molecular weight is 228 g/mol. The molecule has 0 radical (unpaired) electrons. The number of nitrogens with zero attached hydrogens (tertiary/aromatic N) is 1. The maximum Gasteiger partial charge on any atom is 0.323 e. The smallest absolute Gasteiger partial charge is 0.323 e. The van der Waals surface area contributed by atoms with Crippen molar-refractivity contribution in [1.82, 2.24) is 4.90 Å². The van der Waals surface area contributed by atoms with Crippen LogP contribution in [0.5, 0.6) is 0 Å². The van der Waals surface area contributed by atoms with Gasteiger partial charge in [0.2, 0.25) is 5.91 Å². The molecule has 0 rings (SSSR count). The molecule has 1 atom stereocenters. The number of nitrogens with two attached hydrogens (primary N) is 1. The van der Waals surface area contributed by atoms with Crippen LogP contribution < -0.4 is 5.73 Å². The number of carboxylic acids is 1. The van der Waals surface area contributed by atoms with Crippen LogP contribution in [0.15, 0.2) is 12.7 Å². The molecule has 16 heavy (non-hydrogen) atoms. The van der Waals surface area contributed by atoms with Crippen molar-refractivity contribution in [2.45, 2.75) is 26.3 Å². The van der Waals surface area contributed by atoms with Crippen LogP contribution in [0.1, 0.15) is 20.3 Å². The third-order valence-electron chi connectivity index (χ3n) is 2.03. The van der Waals surface area contributed by atoms with Gasteiger partial charge in [-0.05, 0) is 12.3 Å². The number of rotatable bonds is 7. The number of amides is 1. The topological polar surface area (TPSA) is 83.6 Å². The minimum absolute atomic E-state index is 0.205. The Morgan fingerprint density at radius 1 is 1.50 bits per heavy atom. The Bertz CT molecular complexity index is 264. The quantitative estimate of drug-likeness (QED) is 0.620. The lowest BCUT2D eigenvalue weighted by Gasteiger charge is -2.23. The van der Waals surface area contributed by atoms with E-state index in [2.05, 4.69) is 6.58 Å². The molecule has 1 amide bonds. The van der Waals surface area contributed by atoms with E-state index in [1.165, 1.54) is 11.0 Å². The second-order valence-corrected chi connectivity index (χ2v) is 4.14. The summed E-state index contributed by atoms with van der Waals surface area (Å²) in [6, 6.07) is -0.640. The van der Waals surface area contributed by atoms with Gasteiger partial charge in [-0.15, -0.1) is 6.58 Å². The Kier molecular flexibility index (Phi) is 6.41. The van der Waals surface area contributed by atoms with Crippen molar-refractivity contribution in [2.75, 3.05) is 13.1 Å². The van der Waals surface area contributed by atoms with Crippen molar-refractivity contribution in [1.29, 1.82) is 0 Å². The van der Waals surface area contributed by atoms with Crippen LogP contribution in [-0.4, -0.2) is 41.0 Å². The third-order valence-corrected chi connectivity index (χ3v) is 2.03. The highest BCUT2D eigenvalue weighted by Gasteiger charge is 2.22. The van der Waals surface area contributed by atoms with Crippen molar-refractivity contribution in [3.63, 3.8) is 0 Å². The first kappa shape index (κ1) is 14.6. The van der Waals surface area contributed by atoms with Gasteiger partial charge in [-0.2, -0.15) is 0 Å². The van der Waals surface area contributed by atoms with E-state index in [0.717, 1.165) is 0 Å². The molecule has 0 aromatic rings. The minimum atomic E-state index is -1.05. The average Bonchev–Trinajstić information content (AvgIpc) is 2.14. The Morgan fingerprint density at radius 2 is 2.06 bits per heavy atom. The summed E-state index contributed by atoms with van der Waals surface area (Å²) in [6.45, 7) is 7.27. The van der Waals surface area contributed by atoms with Gasteiger partial charge in [0.1, 0.15) is 6.54 Å². The second kappa shape index (κ2) is 7.00. The maximum absolute atomic E-state index is 11.8. The van der Waals surface area contributed by atoms with Crippen molar-refractivity contribution >= 4 is 11.9 Å². The first-order valence-electron chi connectivity index (χ1n) is 5.25. The monoisotopic (exact) mass is 228 g/mol. The van der Waals surface area contributed by atoms with Crippen LogP contribution in [0.25, 0.3) is 0 Å². The van der Waals surface area contributed by atoms with E-state index in [0.29, 0.717) is 12.3 Å².